The van der Waals surface area contributed by atoms with E-state index < -0.39 is 0 Å². The highest BCUT2D eigenvalue weighted by Crippen LogP contribution is 2.29. The van der Waals surface area contributed by atoms with Gasteiger partial charge in [-0.1, -0.05) is 30.3 Å². The highest BCUT2D eigenvalue weighted by Gasteiger charge is 2.29. The van der Waals surface area contributed by atoms with E-state index in [1.165, 1.54) is 15.6 Å². The molecule has 1 N–H and O–H groups in total. The van der Waals surface area contributed by atoms with Gasteiger partial charge in [0.25, 0.3) is 11.7 Å². The second kappa shape index (κ2) is 7.46. The van der Waals surface area contributed by atoms with E-state index in [9.17, 15) is 4.79 Å². The zero-order chi connectivity index (χ0) is 19.6. The van der Waals surface area contributed by atoms with Crippen molar-refractivity contribution in [3.8, 4) is 0 Å². The van der Waals surface area contributed by atoms with Gasteiger partial charge in [-0.05, 0) is 30.0 Å². The Morgan fingerprint density at radius 2 is 2.10 bits per heavy atom. The molecule has 0 aliphatic carbocycles. The second-order valence-electron chi connectivity index (χ2n) is 7.36. The van der Waals surface area contributed by atoms with E-state index in [1.54, 1.807) is 18.5 Å². The van der Waals surface area contributed by atoms with E-state index in [-0.39, 0.29) is 17.6 Å². The van der Waals surface area contributed by atoms with Crippen molar-refractivity contribution in [2.24, 2.45) is 0 Å². The van der Waals surface area contributed by atoms with E-state index >= 15 is 0 Å². The lowest BCUT2D eigenvalue weighted by Crippen LogP contribution is -2.40. The molecule has 29 heavy (non-hydrogen) atoms. The van der Waals surface area contributed by atoms with Crippen molar-refractivity contribution in [3.05, 3.63) is 77.6 Å². The summed E-state index contributed by atoms with van der Waals surface area (Å²) < 4.78 is 1.53. The first-order valence-electron chi connectivity index (χ1n) is 9.80. The molecule has 1 atom stereocenters. The smallest absolute Gasteiger partial charge is 0.293 e. The molecule has 1 saturated heterocycles. The Balaban J connectivity index is 1.34. The molecule has 5 rings (SSSR count). The SMILES string of the molecule is O=C(c1nc2ncccn2n1)N1CCC[C@@H](c2[nH]ncc2Cc2ccccc2)C1. The van der Waals surface area contributed by atoms with Crippen LogP contribution in [0.2, 0.25) is 0 Å². The number of hydrogen-bond acceptors (Lipinski definition) is 5. The highest BCUT2D eigenvalue weighted by atomic mass is 16.2. The Hall–Kier alpha value is -3.55. The van der Waals surface area contributed by atoms with Gasteiger partial charge in [-0.25, -0.2) is 9.50 Å². The van der Waals surface area contributed by atoms with Gasteiger partial charge < -0.3 is 4.90 Å². The predicted molar refractivity (Wildman–Crippen MR) is 106 cm³/mol. The van der Waals surface area contributed by atoms with Crippen LogP contribution < -0.4 is 0 Å². The molecule has 1 aliphatic rings. The molecule has 0 spiro atoms. The highest BCUT2D eigenvalue weighted by molar-refractivity contribution is 5.91. The van der Waals surface area contributed by atoms with E-state index in [0.717, 1.165) is 25.0 Å². The summed E-state index contributed by atoms with van der Waals surface area (Å²) in [5, 5.41) is 11.7. The summed E-state index contributed by atoms with van der Waals surface area (Å²) >= 11 is 0. The molecule has 1 aliphatic heterocycles. The normalized spacial score (nSPS) is 17.0. The maximum Gasteiger partial charge on any atom is 0.293 e. The summed E-state index contributed by atoms with van der Waals surface area (Å²) in [4.78, 5) is 23.3. The topological polar surface area (TPSA) is 92.1 Å². The van der Waals surface area contributed by atoms with Gasteiger partial charge in [-0.15, -0.1) is 5.10 Å². The van der Waals surface area contributed by atoms with Gasteiger partial charge >= 0.3 is 0 Å². The van der Waals surface area contributed by atoms with Crippen molar-refractivity contribution in [1.82, 2.24) is 34.7 Å². The Labute approximate surface area is 167 Å². The second-order valence-corrected chi connectivity index (χ2v) is 7.36. The fourth-order valence-corrected chi connectivity index (χ4v) is 3.99. The fraction of sp³-hybridized carbons (Fsp3) is 0.286. The minimum Gasteiger partial charge on any atom is -0.335 e. The van der Waals surface area contributed by atoms with Crippen molar-refractivity contribution in [3.63, 3.8) is 0 Å². The van der Waals surface area contributed by atoms with Crippen molar-refractivity contribution in [2.75, 3.05) is 13.1 Å². The Bertz CT molecular complexity index is 1100. The number of aromatic amines is 1. The average Bonchev–Trinajstić information content (AvgIpc) is 3.41. The standard InChI is InChI=1S/C21H21N7O/c29-20(19-24-21-22-9-5-11-28(21)26-19)27-10-4-8-16(14-27)18-17(13-23-25-18)12-15-6-2-1-3-7-15/h1-3,5-7,9,11,13,16H,4,8,10,12,14H2,(H,23,25)/t16-/m1/s1. The van der Waals surface area contributed by atoms with E-state index in [4.69, 9.17) is 0 Å². The fourth-order valence-electron chi connectivity index (χ4n) is 3.99. The number of carbonyl (C=O) groups excluding carboxylic acids is 1. The van der Waals surface area contributed by atoms with Crippen molar-refractivity contribution >= 4 is 11.7 Å². The molecule has 1 fully saturated rings. The number of H-pyrrole nitrogens is 1. The van der Waals surface area contributed by atoms with Gasteiger partial charge in [-0.3, -0.25) is 9.89 Å². The molecular formula is C21H21N7O. The number of fused-ring (bicyclic) bond motifs is 1. The van der Waals surface area contributed by atoms with Gasteiger partial charge in [0.15, 0.2) is 0 Å². The molecule has 4 heterocycles. The van der Waals surface area contributed by atoms with Gasteiger partial charge in [0.05, 0.1) is 6.20 Å². The van der Waals surface area contributed by atoms with Gasteiger partial charge in [0.2, 0.25) is 5.82 Å². The average molecular weight is 387 g/mol. The van der Waals surface area contributed by atoms with E-state index in [0.29, 0.717) is 18.9 Å². The summed E-state index contributed by atoms with van der Waals surface area (Å²) in [6, 6.07) is 12.1. The predicted octanol–water partition coefficient (Wildman–Crippen LogP) is 2.46. The van der Waals surface area contributed by atoms with Crippen LogP contribution in [-0.4, -0.2) is 53.7 Å². The maximum atomic E-state index is 13.0. The molecule has 0 saturated carbocycles. The van der Waals surface area contributed by atoms with Gasteiger partial charge in [0.1, 0.15) is 0 Å². The van der Waals surface area contributed by atoms with Crippen LogP contribution in [0, 0.1) is 0 Å². The number of piperidine rings is 1. The third kappa shape index (κ3) is 3.49. The molecule has 0 radical (unpaired) electrons. The van der Waals surface area contributed by atoms with Crippen LogP contribution in [0.3, 0.4) is 0 Å². The van der Waals surface area contributed by atoms with Crippen LogP contribution in [0.5, 0.6) is 0 Å². The molecule has 1 amide bonds. The van der Waals surface area contributed by atoms with Crippen LogP contribution in [-0.2, 0) is 6.42 Å². The third-order valence-corrected chi connectivity index (χ3v) is 5.41. The lowest BCUT2D eigenvalue weighted by atomic mass is 9.91. The Morgan fingerprint density at radius 3 is 2.97 bits per heavy atom. The van der Waals surface area contributed by atoms with Gasteiger partial charge in [-0.2, -0.15) is 10.1 Å². The first-order valence-corrected chi connectivity index (χ1v) is 9.80. The van der Waals surface area contributed by atoms with Crippen LogP contribution in [0.1, 0.15) is 46.2 Å². The monoisotopic (exact) mass is 387 g/mol. The lowest BCUT2D eigenvalue weighted by molar-refractivity contribution is 0.0693. The number of nitrogens with zero attached hydrogens (tertiary/aromatic N) is 6. The quantitative estimate of drug-likeness (QED) is 0.581. The first-order chi connectivity index (χ1) is 14.3. The number of rotatable bonds is 4. The molecular weight excluding hydrogens is 366 g/mol. The number of amides is 1. The summed E-state index contributed by atoms with van der Waals surface area (Å²) in [7, 11) is 0. The van der Waals surface area contributed by atoms with Crippen LogP contribution >= 0.6 is 0 Å². The number of aromatic nitrogens is 6. The molecule has 146 valence electrons. The number of carbonyl (C=O) groups is 1. The molecule has 0 bridgehead atoms. The number of benzene rings is 1. The Kier molecular flexibility index (Phi) is 4.51. The first kappa shape index (κ1) is 17.5. The lowest BCUT2D eigenvalue weighted by Gasteiger charge is -2.32. The molecule has 3 aromatic heterocycles. The molecule has 1 aromatic carbocycles. The summed E-state index contributed by atoms with van der Waals surface area (Å²) in [6.07, 6.45) is 8.07. The molecule has 8 nitrogen and oxygen atoms in total. The van der Waals surface area contributed by atoms with E-state index in [2.05, 4.69) is 37.4 Å². The zero-order valence-electron chi connectivity index (χ0n) is 15.9. The summed E-state index contributed by atoms with van der Waals surface area (Å²) in [6.45, 7) is 1.34. The molecule has 4 aromatic rings. The Morgan fingerprint density at radius 1 is 1.21 bits per heavy atom. The van der Waals surface area contributed by atoms with Crippen LogP contribution in [0.4, 0.5) is 0 Å². The van der Waals surface area contributed by atoms with Crippen molar-refractivity contribution in [1.29, 1.82) is 0 Å². The van der Waals surface area contributed by atoms with Crippen LogP contribution in [0.25, 0.3) is 5.78 Å². The van der Waals surface area contributed by atoms with Crippen molar-refractivity contribution in [2.45, 2.75) is 25.2 Å². The van der Waals surface area contributed by atoms with Crippen LogP contribution in [0.15, 0.2) is 55.0 Å². The minimum atomic E-state index is -0.149. The number of likely N-dealkylation sites (tertiary alicyclic amines) is 1. The summed E-state index contributed by atoms with van der Waals surface area (Å²) in [5.74, 6) is 0.704. The van der Waals surface area contributed by atoms with E-state index in [1.807, 2.05) is 29.3 Å². The van der Waals surface area contributed by atoms with Crippen molar-refractivity contribution < 1.29 is 4.79 Å². The molecule has 8 heteroatoms. The molecule has 0 unspecified atom stereocenters. The maximum absolute atomic E-state index is 13.0. The third-order valence-electron chi connectivity index (χ3n) is 5.41. The summed E-state index contributed by atoms with van der Waals surface area (Å²) in [5.41, 5.74) is 3.56. The largest absolute Gasteiger partial charge is 0.335 e. The van der Waals surface area contributed by atoms with Gasteiger partial charge in [0, 0.05) is 43.5 Å². The number of hydrogen-bond donors (Lipinski definition) is 1. The zero-order valence-corrected chi connectivity index (χ0v) is 15.9. The number of nitrogens with one attached hydrogen (secondary N) is 1. The minimum absolute atomic E-state index is 0.149.